The number of amides is 1. The van der Waals surface area contributed by atoms with E-state index in [1.807, 2.05) is 0 Å². The van der Waals surface area contributed by atoms with Gasteiger partial charge in [-0.3, -0.25) is 4.79 Å². The Morgan fingerprint density at radius 1 is 1.53 bits per heavy atom. The fourth-order valence-corrected chi connectivity index (χ4v) is 1.93. The summed E-state index contributed by atoms with van der Waals surface area (Å²) < 4.78 is 4.97. The molecule has 1 N–H and O–H groups in total. The Morgan fingerprint density at radius 3 is 2.33 bits per heavy atom. The van der Waals surface area contributed by atoms with Crippen molar-refractivity contribution in [2.45, 2.75) is 25.3 Å². The first-order valence-electron chi connectivity index (χ1n) is 4.93. The maximum Gasteiger partial charge on any atom is 0.332 e. The van der Waals surface area contributed by atoms with E-state index in [2.05, 4.69) is 0 Å². The summed E-state index contributed by atoms with van der Waals surface area (Å²) in [5.41, 5.74) is -1.18. The number of ether oxygens (including phenoxy) is 1. The summed E-state index contributed by atoms with van der Waals surface area (Å²) >= 11 is 0. The molecule has 1 rings (SSSR count). The minimum atomic E-state index is -1.18. The second kappa shape index (κ2) is 4.18. The Kier molecular flexibility index (Phi) is 3.34. The number of carboxylic acid groups (broad SMARTS) is 1. The van der Waals surface area contributed by atoms with Gasteiger partial charge in [-0.25, -0.2) is 4.79 Å². The summed E-state index contributed by atoms with van der Waals surface area (Å²) in [6, 6.07) is 0. The highest BCUT2D eigenvalue weighted by Crippen LogP contribution is 2.43. The van der Waals surface area contributed by atoms with E-state index in [1.54, 1.807) is 0 Å². The lowest BCUT2D eigenvalue weighted by Gasteiger charge is -2.37. The molecule has 1 unspecified atom stereocenters. The predicted molar refractivity (Wildman–Crippen MR) is 53.4 cm³/mol. The molecule has 15 heavy (non-hydrogen) atoms. The predicted octanol–water partition coefficient (Wildman–Crippen LogP) is 0.344. The van der Waals surface area contributed by atoms with Crippen LogP contribution in [0.3, 0.4) is 0 Å². The highest BCUT2D eigenvalue weighted by molar-refractivity contribution is 5.86. The van der Waals surface area contributed by atoms with Crippen LogP contribution >= 0.6 is 0 Å². The minimum Gasteiger partial charge on any atom is -0.479 e. The Morgan fingerprint density at radius 2 is 2.07 bits per heavy atom. The van der Waals surface area contributed by atoms with E-state index in [9.17, 15) is 14.7 Å². The summed E-state index contributed by atoms with van der Waals surface area (Å²) in [6.07, 6.45) is 1.68. The van der Waals surface area contributed by atoms with Gasteiger partial charge in [-0.1, -0.05) is 0 Å². The van der Waals surface area contributed by atoms with Crippen molar-refractivity contribution in [2.24, 2.45) is 5.92 Å². The van der Waals surface area contributed by atoms with Crippen molar-refractivity contribution in [3.05, 3.63) is 0 Å². The second-order valence-electron chi connectivity index (χ2n) is 4.01. The zero-order valence-corrected chi connectivity index (χ0v) is 9.32. The zero-order chi connectivity index (χ0) is 11.6. The van der Waals surface area contributed by atoms with Gasteiger partial charge in [0.1, 0.15) is 0 Å². The van der Waals surface area contributed by atoms with Gasteiger partial charge in [0.2, 0.25) is 5.91 Å². The van der Waals surface area contributed by atoms with Gasteiger partial charge >= 0.3 is 5.97 Å². The van der Waals surface area contributed by atoms with E-state index in [4.69, 9.17) is 4.74 Å². The van der Waals surface area contributed by atoms with Crippen LogP contribution in [0.4, 0.5) is 0 Å². The Balaban J connectivity index is 3.00. The molecule has 0 spiro atoms. The molecular weight excluding hydrogens is 198 g/mol. The highest BCUT2D eigenvalue weighted by Gasteiger charge is 2.55. The molecule has 1 aliphatic rings. The van der Waals surface area contributed by atoms with Crippen LogP contribution in [0.5, 0.6) is 0 Å². The number of carbonyl (C=O) groups is 2. The van der Waals surface area contributed by atoms with Gasteiger partial charge in [0, 0.05) is 21.1 Å². The van der Waals surface area contributed by atoms with Crippen molar-refractivity contribution >= 4 is 11.9 Å². The quantitative estimate of drug-likeness (QED) is 0.718. The van der Waals surface area contributed by atoms with Gasteiger partial charge in [-0.05, 0) is 18.8 Å². The number of likely N-dealkylation sites (N-methyl/N-ethyl adjacent to an activating group) is 1. The molecule has 0 radical (unpaired) electrons. The monoisotopic (exact) mass is 215 g/mol. The van der Waals surface area contributed by atoms with Crippen LogP contribution in [0.2, 0.25) is 0 Å². The van der Waals surface area contributed by atoms with Crippen molar-refractivity contribution in [1.82, 2.24) is 4.90 Å². The van der Waals surface area contributed by atoms with Crippen molar-refractivity contribution in [2.75, 3.05) is 20.8 Å². The number of carbonyl (C=O) groups excluding carboxylic acids is 1. The lowest BCUT2D eigenvalue weighted by molar-refractivity contribution is -0.163. The molecule has 5 nitrogen and oxygen atoms in total. The molecule has 0 heterocycles. The highest BCUT2D eigenvalue weighted by atomic mass is 16.5. The van der Waals surface area contributed by atoms with Crippen LogP contribution in [-0.4, -0.2) is 48.2 Å². The fourth-order valence-electron chi connectivity index (χ4n) is 1.93. The van der Waals surface area contributed by atoms with Crippen LogP contribution in [-0.2, 0) is 14.3 Å². The first-order chi connectivity index (χ1) is 6.96. The average molecular weight is 215 g/mol. The number of hydrogen-bond acceptors (Lipinski definition) is 3. The zero-order valence-electron chi connectivity index (χ0n) is 9.32. The van der Waals surface area contributed by atoms with Gasteiger partial charge in [0.05, 0.1) is 6.61 Å². The summed E-state index contributed by atoms with van der Waals surface area (Å²) in [5, 5.41) is 9.31. The minimum absolute atomic E-state index is 0.0175. The van der Waals surface area contributed by atoms with E-state index in [0.717, 1.165) is 12.8 Å². The maximum absolute atomic E-state index is 11.4. The first-order valence-corrected chi connectivity index (χ1v) is 4.93. The lowest BCUT2D eigenvalue weighted by atomic mass is 9.92. The number of nitrogens with zero attached hydrogens (tertiary/aromatic N) is 1. The average Bonchev–Trinajstić information content (AvgIpc) is 2.95. The molecule has 1 saturated carbocycles. The normalized spacial score (nSPS) is 19.4. The van der Waals surface area contributed by atoms with Gasteiger partial charge < -0.3 is 14.7 Å². The smallest absolute Gasteiger partial charge is 0.332 e. The Labute approximate surface area is 89.0 Å². The van der Waals surface area contributed by atoms with E-state index < -0.39 is 11.5 Å². The van der Waals surface area contributed by atoms with Crippen LogP contribution < -0.4 is 0 Å². The molecule has 0 saturated heterocycles. The van der Waals surface area contributed by atoms with Crippen LogP contribution in [0.15, 0.2) is 0 Å². The Bertz CT molecular complexity index is 275. The molecule has 1 fully saturated rings. The first kappa shape index (κ1) is 12.0. The number of carboxylic acids is 1. The lowest BCUT2D eigenvalue weighted by Crippen LogP contribution is -2.59. The second-order valence-corrected chi connectivity index (χ2v) is 4.01. The van der Waals surface area contributed by atoms with E-state index in [0.29, 0.717) is 0 Å². The molecule has 0 aromatic carbocycles. The summed E-state index contributed by atoms with van der Waals surface area (Å²) in [5.74, 6) is -1.21. The number of methoxy groups -OCH3 is 1. The molecule has 1 amide bonds. The van der Waals surface area contributed by atoms with E-state index in [1.165, 1.54) is 26.0 Å². The fraction of sp³-hybridized carbons (Fsp3) is 0.800. The molecule has 1 aliphatic carbocycles. The van der Waals surface area contributed by atoms with E-state index >= 15 is 0 Å². The molecule has 0 aromatic heterocycles. The topological polar surface area (TPSA) is 66.8 Å². The number of aliphatic carboxylic acids is 1. The van der Waals surface area contributed by atoms with Crippen LogP contribution in [0.25, 0.3) is 0 Å². The molecule has 5 heteroatoms. The van der Waals surface area contributed by atoms with Gasteiger partial charge in [0.25, 0.3) is 0 Å². The molecule has 0 aliphatic heterocycles. The molecule has 86 valence electrons. The van der Waals surface area contributed by atoms with Gasteiger partial charge in [-0.15, -0.1) is 0 Å². The largest absolute Gasteiger partial charge is 0.479 e. The van der Waals surface area contributed by atoms with Crippen molar-refractivity contribution in [3.63, 3.8) is 0 Å². The molecule has 0 aromatic rings. The van der Waals surface area contributed by atoms with Gasteiger partial charge in [-0.2, -0.15) is 0 Å². The summed E-state index contributed by atoms with van der Waals surface area (Å²) in [6.45, 7) is 1.42. The SMILES string of the molecule is COCC(C(=O)O)(C1CC1)N(C)C(C)=O. The van der Waals surface area contributed by atoms with Crippen molar-refractivity contribution in [1.29, 1.82) is 0 Å². The Hall–Kier alpha value is -1.10. The van der Waals surface area contributed by atoms with Crippen LogP contribution in [0.1, 0.15) is 19.8 Å². The van der Waals surface area contributed by atoms with Gasteiger partial charge in [0.15, 0.2) is 5.54 Å². The van der Waals surface area contributed by atoms with E-state index in [-0.39, 0.29) is 18.4 Å². The molecule has 0 bridgehead atoms. The van der Waals surface area contributed by atoms with Crippen LogP contribution in [0, 0.1) is 5.92 Å². The summed E-state index contributed by atoms with van der Waals surface area (Å²) in [7, 11) is 2.97. The van der Waals surface area contributed by atoms with Crippen molar-refractivity contribution in [3.8, 4) is 0 Å². The van der Waals surface area contributed by atoms with Crippen molar-refractivity contribution < 1.29 is 19.4 Å². The number of hydrogen-bond donors (Lipinski definition) is 1. The molecule has 1 atom stereocenters. The molecular formula is C10H17NO4. The maximum atomic E-state index is 11.4. The third kappa shape index (κ3) is 1.97. The third-order valence-electron chi connectivity index (χ3n) is 3.06. The standard InChI is InChI=1S/C10H17NO4/c1-7(12)11(2)10(6-15-3,9(13)14)8-4-5-8/h8H,4-6H2,1-3H3,(H,13,14). The number of rotatable bonds is 5. The third-order valence-corrected chi connectivity index (χ3v) is 3.06. The summed E-state index contributed by atoms with van der Waals surface area (Å²) in [4.78, 5) is 24.0.